The number of fused-ring (bicyclic) bond motifs is 1. The normalized spacial score (nSPS) is 24.9. The second-order valence-corrected chi connectivity index (χ2v) is 3.83. The summed E-state index contributed by atoms with van der Waals surface area (Å²) in [5.74, 6) is 0.594. The van der Waals surface area contributed by atoms with Gasteiger partial charge in [-0.3, -0.25) is 0 Å². The van der Waals surface area contributed by atoms with E-state index in [4.69, 9.17) is 5.53 Å². The zero-order valence-corrected chi connectivity index (χ0v) is 8.22. The van der Waals surface area contributed by atoms with Crippen molar-refractivity contribution in [2.75, 3.05) is 0 Å². The lowest BCUT2D eigenvalue weighted by Crippen LogP contribution is -2.10. The summed E-state index contributed by atoms with van der Waals surface area (Å²) in [7, 11) is 0. The number of hydrogen-bond donors (Lipinski definition) is 0. The van der Waals surface area contributed by atoms with Crippen LogP contribution in [0.25, 0.3) is 10.4 Å². The third-order valence-electron chi connectivity index (χ3n) is 2.95. The van der Waals surface area contributed by atoms with Crippen molar-refractivity contribution in [3.63, 3.8) is 0 Å². The van der Waals surface area contributed by atoms with E-state index < -0.39 is 0 Å². The zero-order chi connectivity index (χ0) is 9.97. The van der Waals surface area contributed by atoms with Crippen LogP contribution in [0.15, 0.2) is 29.4 Å². The Morgan fingerprint density at radius 3 is 2.71 bits per heavy atom. The molecule has 1 aliphatic carbocycles. The van der Waals surface area contributed by atoms with E-state index in [9.17, 15) is 0 Å². The van der Waals surface area contributed by atoms with Gasteiger partial charge in [0, 0.05) is 4.91 Å². The first-order chi connectivity index (χ1) is 6.83. The van der Waals surface area contributed by atoms with Gasteiger partial charge in [-0.05, 0) is 35.4 Å². The summed E-state index contributed by atoms with van der Waals surface area (Å²) >= 11 is 0. The van der Waals surface area contributed by atoms with Crippen LogP contribution >= 0.6 is 0 Å². The van der Waals surface area contributed by atoms with Crippen molar-refractivity contribution in [2.24, 2.45) is 5.11 Å². The average molecular weight is 187 g/mol. The molecule has 0 bridgehead atoms. The molecule has 1 aromatic rings. The molecule has 3 heteroatoms. The first-order valence-electron chi connectivity index (χ1n) is 4.96. The standard InChI is InChI=1S/C11H13N3/c1-8-6-7-11(13-14-12)10-5-3-2-4-9(8)10/h2-5,8,11H,6-7H2,1H3/t8?,11-/m0/s1. The fourth-order valence-corrected chi connectivity index (χ4v) is 2.16. The maximum absolute atomic E-state index is 8.47. The summed E-state index contributed by atoms with van der Waals surface area (Å²) in [5, 5.41) is 3.84. The molecule has 0 aliphatic heterocycles. The van der Waals surface area contributed by atoms with Crippen molar-refractivity contribution in [3.05, 3.63) is 45.8 Å². The molecule has 0 aromatic heterocycles. The molecular formula is C11H13N3. The molecule has 2 rings (SSSR count). The minimum Gasteiger partial charge on any atom is -0.0859 e. The summed E-state index contributed by atoms with van der Waals surface area (Å²) in [6.45, 7) is 2.23. The predicted molar refractivity (Wildman–Crippen MR) is 56.0 cm³/mol. The highest BCUT2D eigenvalue weighted by Gasteiger charge is 2.22. The van der Waals surface area contributed by atoms with Crippen LogP contribution in [0.4, 0.5) is 0 Å². The Bertz CT molecular complexity index is 380. The lowest BCUT2D eigenvalue weighted by Gasteiger charge is -2.26. The highest BCUT2D eigenvalue weighted by Crippen LogP contribution is 2.38. The molecule has 0 spiro atoms. The van der Waals surface area contributed by atoms with Crippen LogP contribution < -0.4 is 0 Å². The van der Waals surface area contributed by atoms with Gasteiger partial charge in [-0.25, -0.2) is 0 Å². The number of hydrogen-bond acceptors (Lipinski definition) is 1. The van der Waals surface area contributed by atoms with Crippen LogP contribution in [0.2, 0.25) is 0 Å². The molecular weight excluding hydrogens is 174 g/mol. The van der Waals surface area contributed by atoms with Crippen LogP contribution in [0.5, 0.6) is 0 Å². The Kier molecular flexibility index (Phi) is 2.42. The summed E-state index contributed by atoms with van der Waals surface area (Å²) in [6, 6.07) is 8.32. The van der Waals surface area contributed by atoms with Crippen molar-refractivity contribution in [1.29, 1.82) is 0 Å². The van der Waals surface area contributed by atoms with Crippen LogP contribution in [0.1, 0.15) is 42.9 Å². The number of benzene rings is 1. The fourth-order valence-electron chi connectivity index (χ4n) is 2.16. The molecule has 2 atom stereocenters. The van der Waals surface area contributed by atoms with Gasteiger partial charge in [0.25, 0.3) is 0 Å². The Labute approximate surface area is 83.4 Å². The van der Waals surface area contributed by atoms with Gasteiger partial charge in [-0.1, -0.05) is 36.3 Å². The van der Waals surface area contributed by atoms with Gasteiger partial charge in [0.2, 0.25) is 0 Å². The highest BCUT2D eigenvalue weighted by atomic mass is 15.1. The van der Waals surface area contributed by atoms with Crippen molar-refractivity contribution in [1.82, 2.24) is 0 Å². The van der Waals surface area contributed by atoms with E-state index in [0.29, 0.717) is 5.92 Å². The van der Waals surface area contributed by atoms with E-state index in [-0.39, 0.29) is 6.04 Å². The Morgan fingerprint density at radius 1 is 1.29 bits per heavy atom. The first kappa shape index (κ1) is 9.10. The van der Waals surface area contributed by atoms with Crippen molar-refractivity contribution < 1.29 is 0 Å². The third-order valence-corrected chi connectivity index (χ3v) is 2.95. The number of rotatable bonds is 1. The summed E-state index contributed by atoms with van der Waals surface area (Å²) < 4.78 is 0. The molecule has 3 nitrogen and oxygen atoms in total. The molecule has 0 saturated carbocycles. The van der Waals surface area contributed by atoms with Gasteiger partial charge >= 0.3 is 0 Å². The molecule has 0 heterocycles. The number of azide groups is 1. The van der Waals surface area contributed by atoms with Gasteiger partial charge in [0.05, 0.1) is 6.04 Å². The zero-order valence-electron chi connectivity index (χ0n) is 8.22. The average Bonchev–Trinajstić information content (AvgIpc) is 2.23. The van der Waals surface area contributed by atoms with Gasteiger partial charge < -0.3 is 0 Å². The van der Waals surface area contributed by atoms with Crippen LogP contribution in [0, 0.1) is 0 Å². The van der Waals surface area contributed by atoms with Gasteiger partial charge in [0.15, 0.2) is 0 Å². The Morgan fingerprint density at radius 2 is 2.00 bits per heavy atom. The van der Waals surface area contributed by atoms with Crippen molar-refractivity contribution in [2.45, 2.75) is 31.7 Å². The van der Waals surface area contributed by atoms with Crippen molar-refractivity contribution in [3.8, 4) is 0 Å². The lowest BCUT2D eigenvalue weighted by molar-refractivity contribution is 0.512. The van der Waals surface area contributed by atoms with E-state index in [1.54, 1.807) is 0 Å². The molecule has 1 aliphatic rings. The third kappa shape index (κ3) is 1.47. The second-order valence-electron chi connectivity index (χ2n) is 3.83. The fraction of sp³-hybridized carbons (Fsp3) is 0.455. The topological polar surface area (TPSA) is 48.8 Å². The molecule has 0 N–H and O–H groups in total. The molecule has 72 valence electrons. The maximum atomic E-state index is 8.47. The van der Waals surface area contributed by atoms with Crippen LogP contribution in [-0.4, -0.2) is 0 Å². The van der Waals surface area contributed by atoms with Crippen LogP contribution in [-0.2, 0) is 0 Å². The smallest absolute Gasteiger partial charge is 0.0628 e. The molecule has 14 heavy (non-hydrogen) atoms. The summed E-state index contributed by atoms with van der Waals surface area (Å²) in [4.78, 5) is 2.91. The van der Waals surface area contributed by atoms with E-state index >= 15 is 0 Å². The molecule has 1 aromatic carbocycles. The van der Waals surface area contributed by atoms with Gasteiger partial charge in [-0.15, -0.1) is 0 Å². The van der Waals surface area contributed by atoms with Crippen molar-refractivity contribution >= 4 is 0 Å². The summed E-state index contributed by atoms with van der Waals surface area (Å²) in [5.41, 5.74) is 11.0. The molecule has 0 amide bonds. The van der Waals surface area contributed by atoms with Crippen LogP contribution in [0.3, 0.4) is 0 Å². The van der Waals surface area contributed by atoms with Gasteiger partial charge in [0.1, 0.15) is 0 Å². The Balaban J connectivity index is 2.46. The summed E-state index contributed by atoms with van der Waals surface area (Å²) in [6.07, 6.45) is 2.09. The van der Waals surface area contributed by atoms with E-state index in [1.807, 2.05) is 12.1 Å². The second kappa shape index (κ2) is 3.72. The Hall–Kier alpha value is -1.47. The van der Waals surface area contributed by atoms with E-state index in [2.05, 4.69) is 29.1 Å². The van der Waals surface area contributed by atoms with E-state index in [0.717, 1.165) is 12.8 Å². The molecule has 0 saturated heterocycles. The SMILES string of the molecule is CC1CC[C@H](N=[N+]=[N-])c2ccccc21. The number of nitrogens with zero attached hydrogens (tertiary/aromatic N) is 3. The van der Waals surface area contributed by atoms with Gasteiger partial charge in [-0.2, -0.15) is 0 Å². The lowest BCUT2D eigenvalue weighted by atomic mass is 9.81. The maximum Gasteiger partial charge on any atom is 0.0628 e. The monoisotopic (exact) mass is 187 g/mol. The molecule has 0 radical (unpaired) electrons. The molecule has 1 unspecified atom stereocenters. The highest BCUT2D eigenvalue weighted by molar-refractivity contribution is 5.34. The largest absolute Gasteiger partial charge is 0.0859 e. The minimum atomic E-state index is 0.0485. The molecule has 0 fully saturated rings. The quantitative estimate of drug-likeness (QED) is 0.363. The minimum absolute atomic E-state index is 0.0485. The first-order valence-corrected chi connectivity index (χ1v) is 4.96. The van der Waals surface area contributed by atoms with E-state index in [1.165, 1.54) is 11.1 Å². The predicted octanol–water partition coefficient (Wildman–Crippen LogP) is 3.94.